The SMILES string of the molecule is COC(=O)c1c(NC(=O)CCCNC(C)C)sc(C)c1C. The largest absolute Gasteiger partial charge is 0.465 e. The van der Waals surface area contributed by atoms with Gasteiger partial charge in [0.15, 0.2) is 0 Å². The van der Waals surface area contributed by atoms with Gasteiger partial charge in [-0.3, -0.25) is 4.79 Å². The molecule has 21 heavy (non-hydrogen) atoms. The van der Waals surface area contributed by atoms with Gasteiger partial charge in [0.1, 0.15) is 5.00 Å². The molecule has 0 bridgehead atoms. The molecule has 0 saturated heterocycles. The van der Waals surface area contributed by atoms with Crippen LogP contribution in [0.25, 0.3) is 0 Å². The molecule has 0 aliphatic rings. The van der Waals surface area contributed by atoms with Crippen LogP contribution in [0, 0.1) is 13.8 Å². The number of ether oxygens (including phenoxy) is 1. The Hall–Kier alpha value is -1.40. The van der Waals surface area contributed by atoms with Gasteiger partial charge in [-0.2, -0.15) is 0 Å². The maximum atomic E-state index is 12.0. The number of amides is 1. The van der Waals surface area contributed by atoms with E-state index >= 15 is 0 Å². The van der Waals surface area contributed by atoms with Crippen molar-refractivity contribution in [3.05, 3.63) is 16.0 Å². The predicted molar refractivity (Wildman–Crippen MR) is 86.1 cm³/mol. The zero-order valence-corrected chi connectivity index (χ0v) is 14.1. The van der Waals surface area contributed by atoms with Gasteiger partial charge in [0, 0.05) is 17.3 Å². The highest BCUT2D eigenvalue weighted by molar-refractivity contribution is 7.16. The molecule has 0 saturated carbocycles. The summed E-state index contributed by atoms with van der Waals surface area (Å²) in [5.74, 6) is -0.486. The van der Waals surface area contributed by atoms with Crippen molar-refractivity contribution < 1.29 is 14.3 Å². The van der Waals surface area contributed by atoms with Crippen LogP contribution in [0.5, 0.6) is 0 Å². The second-order valence-electron chi connectivity index (χ2n) is 5.24. The minimum Gasteiger partial charge on any atom is -0.465 e. The van der Waals surface area contributed by atoms with E-state index in [1.807, 2.05) is 13.8 Å². The van der Waals surface area contributed by atoms with Gasteiger partial charge in [-0.25, -0.2) is 4.79 Å². The van der Waals surface area contributed by atoms with Crippen molar-refractivity contribution in [1.29, 1.82) is 0 Å². The van der Waals surface area contributed by atoms with Gasteiger partial charge in [-0.05, 0) is 32.4 Å². The first kappa shape index (κ1) is 17.7. The summed E-state index contributed by atoms with van der Waals surface area (Å²) < 4.78 is 4.78. The Morgan fingerprint density at radius 2 is 1.95 bits per heavy atom. The molecule has 1 rings (SSSR count). The van der Waals surface area contributed by atoms with Gasteiger partial charge in [0.2, 0.25) is 5.91 Å². The third-order valence-corrected chi connectivity index (χ3v) is 4.28. The number of thiophene rings is 1. The van der Waals surface area contributed by atoms with Gasteiger partial charge in [0.05, 0.1) is 12.7 Å². The lowest BCUT2D eigenvalue weighted by Crippen LogP contribution is -2.24. The average Bonchev–Trinajstić information content (AvgIpc) is 2.69. The fraction of sp³-hybridized carbons (Fsp3) is 0.600. The number of methoxy groups -OCH3 is 1. The minimum absolute atomic E-state index is 0.0769. The summed E-state index contributed by atoms with van der Waals surface area (Å²) in [6, 6.07) is 0.418. The monoisotopic (exact) mass is 312 g/mol. The Morgan fingerprint density at radius 3 is 2.52 bits per heavy atom. The molecule has 2 N–H and O–H groups in total. The number of aryl methyl sites for hydroxylation is 1. The molecule has 0 unspecified atom stereocenters. The topological polar surface area (TPSA) is 67.4 Å². The fourth-order valence-corrected chi connectivity index (χ4v) is 2.96. The van der Waals surface area contributed by atoms with Crippen LogP contribution in [0.2, 0.25) is 0 Å². The van der Waals surface area contributed by atoms with Crippen LogP contribution in [-0.4, -0.2) is 31.6 Å². The lowest BCUT2D eigenvalue weighted by Gasteiger charge is -2.08. The zero-order chi connectivity index (χ0) is 16.0. The van der Waals surface area contributed by atoms with Gasteiger partial charge in [-0.1, -0.05) is 13.8 Å². The molecular weight excluding hydrogens is 288 g/mol. The predicted octanol–water partition coefficient (Wildman–Crippen LogP) is 2.87. The number of hydrogen-bond donors (Lipinski definition) is 2. The van der Waals surface area contributed by atoms with E-state index in [9.17, 15) is 9.59 Å². The van der Waals surface area contributed by atoms with Crippen molar-refractivity contribution in [3.63, 3.8) is 0 Å². The molecule has 0 fully saturated rings. The van der Waals surface area contributed by atoms with Crippen LogP contribution in [0.15, 0.2) is 0 Å². The van der Waals surface area contributed by atoms with Crippen LogP contribution in [0.1, 0.15) is 47.5 Å². The lowest BCUT2D eigenvalue weighted by molar-refractivity contribution is -0.116. The van der Waals surface area contributed by atoms with Crippen molar-refractivity contribution in [3.8, 4) is 0 Å². The van der Waals surface area contributed by atoms with E-state index in [2.05, 4.69) is 24.5 Å². The number of nitrogens with one attached hydrogen (secondary N) is 2. The number of esters is 1. The second kappa shape index (κ2) is 8.14. The summed E-state index contributed by atoms with van der Waals surface area (Å²) in [6.45, 7) is 8.73. The number of anilines is 1. The van der Waals surface area contributed by atoms with Gasteiger partial charge in [0.25, 0.3) is 0 Å². The molecular formula is C15H24N2O3S. The summed E-state index contributed by atoms with van der Waals surface area (Å²) in [7, 11) is 1.35. The van der Waals surface area contributed by atoms with E-state index < -0.39 is 5.97 Å². The van der Waals surface area contributed by atoms with E-state index in [4.69, 9.17) is 4.74 Å². The van der Waals surface area contributed by atoms with Crippen LogP contribution in [-0.2, 0) is 9.53 Å². The number of carbonyl (C=O) groups excluding carboxylic acids is 2. The van der Waals surface area contributed by atoms with Crippen LogP contribution >= 0.6 is 11.3 Å². The van der Waals surface area contributed by atoms with E-state index in [1.165, 1.54) is 18.4 Å². The highest BCUT2D eigenvalue weighted by Gasteiger charge is 2.21. The molecule has 1 heterocycles. The third kappa shape index (κ3) is 5.13. The summed E-state index contributed by atoms with van der Waals surface area (Å²) in [6.07, 6.45) is 1.19. The van der Waals surface area contributed by atoms with Crippen molar-refractivity contribution in [2.24, 2.45) is 0 Å². The van der Waals surface area contributed by atoms with Crippen LogP contribution in [0.4, 0.5) is 5.00 Å². The zero-order valence-electron chi connectivity index (χ0n) is 13.3. The molecule has 0 aromatic carbocycles. The highest BCUT2D eigenvalue weighted by Crippen LogP contribution is 2.33. The standard InChI is InChI=1S/C15H24N2O3S/c1-9(2)16-8-6-7-12(18)17-14-13(15(19)20-5)10(3)11(4)21-14/h9,16H,6-8H2,1-5H3,(H,17,18). The summed E-state index contributed by atoms with van der Waals surface area (Å²) in [4.78, 5) is 24.8. The number of hydrogen-bond acceptors (Lipinski definition) is 5. The molecule has 0 spiro atoms. The normalized spacial score (nSPS) is 10.8. The minimum atomic E-state index is -0.409. The Morgan fingerprint density at radius 1 is 1.29 bits per heavy atom. The van der Waals surface area contributed by atoms with Crippen molar-refractivity contribution >= 4 is 28.2 Å². The summed E-state index contributed by atoms with van der Waals surface area (Å²) in [5.41, 5.74) is 1.33. The molecule has 1 amide bonds. The lowest BCUT2D eigenvalue weighted by atomic mass is 10.1. The average molecular weight is 312 g/mol. The van der Waals surface area contributed by atoms with Gasteiger partial charge < -0.3 is 15.4 Å². The van der Waals surface area contributed by atoms with Crippen molar-refractivity contribution in [2.75, 3.05) is 19.0 Å². The number of carbonyl (C=O) groups is 2. The smallest absolute Gasteiger partial charge is 0.341 e. The molecule has 0 atom stereocenters. The quantitative estimate of drug-likeness (QED) is 0.600. The molecule has 0 radical (unpaired) electrons. The summed E-state index contributed by atoms with van der Waals surface area (Å²) >= 11 is 1.41. The Kier molecular flexibility index (Phi) is 6.84. The van der Waals surface area contributed by atoms with E-state index in [-0.39, 0.29) is 5.91 Å². The number of rotatable bonds is 7. The summed E-state index contributed by atoms with van der Waals surface area (Å²) in [5, 5.41) is 6.67. The first-order valence-electron chi connectivity index (χ1n) is 7.08. The second-order valence-corrected chi connectivity index (χ2v) is 6.46. The van der Waals surface area contributed by atoms with Crippen molar-refractivity contribution in [1.82, 2.24) is 5.32 Å². The Labute approximate surface area is 130 Å². The molecule has 118 valence electrons. The van der Waals surface area contributed by atoms with Gasteiger partial charge in [-0.15, -0.1) is 11.3 Å². The molecule has 6 heteroatoms. The maximum Gasteiger partial charge on any atom is 0.341 e. The molecule has 5 nitrogen and oxygen atoms in total. The first-order valence-corrected chi connectivity index (χ1v) is 7.90. The first-order chi connectivity index (χ1) is 9.86. The van der Waals surface area contributed by atoms with Gasteiger partial charge >= 0.3 is 5.97 Å². The van der Waals surface area contributed by atoms with Crippen LogP contribution < -0.4 is 10.6 Å². The molecule has 1 aromatic rings. The van der Waals surface area contributed by atoms with E-state index in [1.54, 1.807) is 0 Å². The Bertz CT molecular complexity index is 509. The molecule has 0 aliphatic carbocycles. The maximum absolute atomic E-state index is 12.0. The van der Waals surface area contributed by atoms with Crippen molar-refractivity contribution in [2.45, 2.75) is 46.6 Å². The van der Waals surface area contributed by atoms with Crippen LogP contribution in [0.3, 0.4) is 0 Å². The molecule has 0 aliphatic heterocycles. The third-order valence-electron chi connectivity index (χ3n) is 3.16. The fourth-order valence-electron chi connectivity index (χ4n) is 1.89. The highest BCUT2D eigenvalue weighted by atomic mass is 32.1. The van der Waals surface area contributed by atoms with E-state index in [0.717, 1.165) is 23.4 Å². The Balaban J connectivity index is 2.64. The molecule has 1 aromatic heterocycles. The van der Waals surface area contributed by atoms with E-state index in [0.29, 0.717) is 23.0 Å².